The van der Waals surface area contributed by atoms with Gasteiger partial charge in [-0.3, -0.25) is 4.79 Å². The van der Waals surface area contributed by atoms with E-state index in [1.807, 2.05) is 36.4 Å². The van der Waals surface area contributed by atoms with Crippen molar-refractivity contribution in [2.75, 3.05) is 11.9 Å². The van der Waals surface area contributed by atoms with Crippen molar-refractivity contribution in [3.05, 3.63) is 113 Å². The molecule has 0 spiro atoms. The summed E-state index contributed by atoms with van der Waals surface area (Å²) in [7, 11) is 0. The van der Waals surface area contributed by atoms with E-state index in [-0.39, 0.29) is 16.9 Å². The number of benzene rings is 3. The summed E-state index contributed by atoms with van der Waals surface area (Å²) < 4.78 is 62.3. The third-order valence-electron chi connectivity index (χ3n) is 6.29. The molecule has 1 aromatic heterocycles. The standard InChI is InChI=1S/C29H22F4N4O2/c30-23-12-11-21(27(39-17-18-9-10-18)20-6-2-1-3-7-20)14-24(23)35-28(38)25-15-26(29(31,32)33)36-37(25)22-8-4-5-19(13-22)16-34/h1-8,11-15,18,27H,9-10,17H2,(H,35,38). The molecule has 1 atom stereocenters. The number of nitriles is 1. The molecule has 39 heavy (non-hydrogen) atoms. The van der Waals surface area contributed by atoms with Crippen LogP contribution in [0, 0.1) is 23.1 Å². The van der Waals surface area contributed by atoms with Gasteiger partial charge in [0.25, 0.3) is 5.91 Å². The van der Waals surface area contributed by atoms with Crippen molar-refractivity contribution in [1.82, 2.24) is 9.78 Å². The van der Waals surface area contributed by atoms with Gasteiger partial charge in [-0.15, -0.1) is 0 Å². The van der Waals surface area contributed by atoms with Crippen LogP contribution in [-0.4, -0.2) is 22.3 Å². The highest BCUT2D eigenvalue weighted by Crippen LogP contribution is 2.35. The normalized spacial score (nSPS) is 14.0. The molecule has 4 aromatic rings. The number of halogens is 4. The topological polar surface area (TPSA) is 79.9 Å². The first-order valence-corrected chi connectivity index (χ1v) is 12.2. The van der Waals surface area contributed by atoms with Gasteiger partial charge >= 0.3 is 6.18 Å². The van der Waals surface area contributed by atoms with Crippen molar-refractivity contribution in [2.45, 2.75) is 25.1 Å². The first-order chi connectivity index (χ1) is 18.7. The van der Waals surface area contributed by atoms with Crippen molar-refractivity contribution >= 4 is 11.6 Å². The maximum atomic E-state index is 14.9. The minimum Gasteiger partial charge on any atom is -0.368 e. The molecule has 3 aromatic carbocycles. The minimum absolute atomic E-state index is 0.0709. The van der Waals surface area contributed by atoms with Gasteiger partial charge in [0, 0.05) is 6.07 Å². The Labute approximate surface area is 221 Å². The van der Waals surface area contributed by atoms with Crippen molar-refractivity contribution in [3.63, 3.8) is 0 Å². The number of ether oxygens (including phenoxy) is 1. The summed E-state index contributed by atoms with van der Waals surface area (Å²) in [6, 6.07) is 21.6. The second kappa shape index (κ2) is 10.7. The van der Waals surface area contributed by atoms with Crippen LogP contribution in [0.1, 0.15) is 51.8 Å². The Morgan fingerprint density at radius 2 is 1.82 bits per heavy atom. The largest absolute Gasteiger partial charge is 0.435 e. The maximum absolute atomic E-state index is 14.9. The van der Waals surface area contributed by atoms with Crippen LogP contribution >= 0.6 is 0 Å². The van der Waals surface area contributed by atoms with Gasteiger partial charge in [0.2, 0.25) is 0 Å². The van der Waals surface area contributed by atoms with Gasteiger partial charge in [0.05, 0.1) is 29.6 Å². The zero-order chi connectivity index (χ0) is 27.6. The molecule has 0 bridgehead atoms. The number of nitrogens with zero attached hydrogens (tertiary/aromatic N) is 3. The highest BCUT2D eigenvalue weighted by atomic mass is 19.4. The number of hydrogen-bond acceptors (Lipinski definition) is 4. The lowest BCUT2D eigenvalue weighted by atomic mass is 10.0. The van der Waals surface area contributed by atoms with Crippen LogP contribution in [0.15, 0.2) is 78.9 Å². The summed E-state index contributed by atoms with van der Waals surface area (Å²) in [6.45, 7) is 0.528. The molecule has 198 valence electrons. The van der Waals surface area contributed by atoms with E-state index in [0.29, 0.717) is 24.2 Å². The van der Waals surface area contributed by atoms with E-state index in [4.69, 9.17) is 4.74 Å². The Balaban J connectivity index is 1.49. The van der Waals surface area contributed by atoms with Crippen LogP contribution in [0.2, 0.25) is 0 Å². The molecule has 10 heteroatoms. The monoisotopic (exact) mass is 534 g/mol. The van der Waals surface area contributed by atoms with Crippen LogP contribution in [0.3, 0.4) is 0 Å². The van der Waals surface area contributed by atoms with Crippen molar-refractivity contribution in [1.29, 1.82) is 5.26 Å². The highest BCUT2D eigenvalue weighted by molar-refractivity contribution is 6.03. The summed E-state index contributed by atoms with van der Waals surface area (Å²) in [6.07, 6.45) is -3.20. The molecule has 1 N–H and O–H groups in total. The Kier molecular flexibility index (Phi) is 7.17. The molecule has 5 rings (SSSR count). The third-order valence-corrected chi connectivity index (χ3v) is 6.29. The van der Waals surface area contributed by atoms with Crippen LogP contribution in [0.5, 0.6) is 0 Å². The average Bonchev–Trinajstić information content (AvgIpc) is 3.64. The predicted octanol–water partition coefficient (Wildman–Crippen LogP) is 6.67. The number of carbonyl (C=O) groups is 1. The number of rotatable bonds is 8. The van der Waals surface area contributed by atoms with Crippen molar-refractivity contribution in [2.24, 2.45) is 5.92 Å². The fourth-order valence-corrected chi connectivity index (χ4v) is 4.10. The number of aromatic nitrogens is 2. The summed E-state index contributed by atoms with van der Waals surface area (Å²) in [5.74, 6) is -1.31. The lowest BCUT2D eigenvalue weighted by Crippen LogP contribution is -2.18. The van der Waals surface area contributed by atoms with Gasteiger partial charge < -0.3 is 10.1 Å². The van der Waals surface area contributed by atoms with Crippen LogP contribution in [-0.2, 0) is 10.9 Å². The molecule has 1 amide bonds. The molecule has 1 unspecified atom stereocenters. The highest BCUT2D eigenvalue weighted by Gasteiger charge is 2.36. The second-order valence-corrected chi connectivity index (χ2v) is 9.25. The van der Waals surface area contributed by atoms with Gasteiger partial charge in [-0.1, -0.05) is 42.5 Å². The fourth-order valence-electron chi connectivity index (χ4n) is 4.10. The Bertz CT molecular complexity index is 1540. The molecule has 0 radical (unpaired) electrons. The van der Waals surface area contributed by atoms with Crippen LogP contribution in [0.25, 0.3) is 5.69 Å². The number of amides is 1. The van der Waals surface area contributed by atoms with Crippen molar-refractivity contribution < 1.29 is 27.1 Å². The van der Waals surface area contributed by atoms with Gasteiger partial charge in [0.1, 0.15) is 17.6 Å². The zero-order valence-corrected chi connectivity index (χ0v) is 20.5. The van der Waals surface area contributed by atoms with Crippen LogP contribution < -0.4 is 5.32 Å². The summed E-state index contributed by atoms with van der Waals surface area (Å²) in [5, 5.41) is 15.1. The van der Waals surface area contributed by atoms with E-state index in [0.717, 1.165) is 23.1 Å². The average molecular weight is 535 g/mol. The fraction of sp³-hybridized carbons (Fsp3) is 0.207. The van der Waals surface area contributed by atoms with Gasteiger partial charge in [-0.05, 0) is 60.2 Å². The first kappa shape index (κ1) is 26.1. The molecule has 0 saturated heterocycles. The summed E-state index contributed by atoms with van der Waals surface area (Å²) in [4.78, 5) is 13.2. The first-order valence-electron chi connectivity index (χ1n) is 12.2. The maximum Gasteiger partial charge on any atom is 0.435 e. The smallest absolute Gasteiger partial charge is 0.368 e. The second-order valence-electron chi connectivity index (χ2n) is 9.25. The molecular formula is C29H22F4N4O2. The minimum atomic E-state index is -4.83. The number of anilines is 1. The molecular weight excluding hydrogens is 512 g/mol. The lowest BCUT2D eigenvalue weighted by Gasteiger charge is -2.20. The lowest BCUT2D eigenvalue weighted by molar-refractivity contribution is -0.141. The van der Waals surface area contributed by atoms with Crippen molar-refractivity contribution in [3.8, 4) is 11.8 Å². The third kappa shape index (κ3) is 5.99. The molecule has 1 saturated carbocycles. The number of alkyl halides is 3. The quantitative estimate of drug-likeness (QED) is 0.256. The molecule has 1 heterocycles. The predicted molar refractivity (Wildman–Crippen MR) is 135 cm³/mol. The molecule has 0 aliphatic heterocycles. The van der Waals surface area contributed by atoms with E-state index in [2.05, 4.69) is 10.4 Å². The number of nitrogens with one attached hydrogen (secondary N) is 1. The summed E-state index contributed by atoms with van der Waals surface area (Å²) >= 11 is 0. The van der Waals surface area contributed by atoms with E-state index < -0.39 is 35.4 Å². The number of carbonyl (C=O) groups excluding carboxylic acids is 1. The van der Waals surface area contributed by atoms with E-state index in [1.165, 1.54) is 36.4 Å². The van der Waals surface area contributed by atoms with Gasteiger partial charge in [-0.25, -0.2) is 9.07 Å². The molecule has 1 aliphatic rings. The van der Waals surface area contributed by atoms with Gasteiger partial charge in [0.15, 0.2) is 5.69 Å². The Morgan fingerprint density at radius 3 is 2.51 bits per heavy atom. The molecule has 1 aliphatic carbocycles. The van der Waals surface area contributed by atoms with E-state index >= 15 is 0 Å². The van der Waals surface area contributed by atoms with E-state index in [1.54, 1.807) is 6.07 Å². The number of hydrogen-bond donors (Lipinski definition) is 1. The Hall–Kier alpha value is -4.49. The molecule has 6 nitrogen and oxygen atoms in total. The molecule has 1 fully saturated rings. The zero-order valence-electron chi connectivity index (χ0n) is 20.5. The Morgan fingerprint density at radius 1 is 1.05 bits per heavy atom. The van der Waals surface area contributed by atoms with E-state index in [9.17, 15) is 27.6 Å². The van der Waals surface area contributed by atoms with Gasteiger partial charge in [-0.2, -0.15) is 23.5 Å². The van der Waals surface area contributed by atoms with Crippen LogP contribution in [0.4, 0.5) is 23.2 Å². The SMILES string of the molecule is N#Cc1cccc(-n2nc(C(F)(F)F)cc2C(=O)Nc2cc(C(OCC3CC3)c3ccccc3)ccc2F)c1. The summed E-state index contributed by atoms with van der Waals surface area (Å²) in [5.41, 5.74) is -0.354.